The fourth-order valence-corrected chi connectivity index (χ4v) is 1.54. The molecule has 1 aromatic carbocycles. The lowest BCUT2D eigenvalue weighted by atomic mass is 10.1. The molecule has 0 aliphatic carbocycles. The van der Waals surface area contributed by atoms with Crippen LogP contribution in [-0.4, -0.2) is 36.5 Å². The number of nitrogens with zero attached hydrogens (tertiary/aromatic N) is 2. The van der Waals surface area contributed by atoms with Crippen LogP contribution in [0.25, 0.3) is 0 Å². The van der Waals surface area contributed by atoms with E-state index in [1.165, 1.54) is 11.1 Å². The summed E-state index contributed by atoms with van der Waals surface area (Å²) in [7, 11) is 3.65. The summed E-state index contributed by atoms with van der Waals surface area (Å²) in [5.41, 5.74) is 2.42. The van der Waals surface area contributed by atoms with Gasteiger partial charge < -0.3 is 9.80 Å². The van der Waals surface area contributed by atoms with Crippen molar-refractivity contribution in [3.63, 3.8) is 0 Å². The zero-order valence-corrected chi connectivity index (χ0v) is 10.5. The van der Waals surface area contributed by atoms with Crippen LogP contribution in [0, 0.1) is 6.92 Å². The van der Waals surface area contributed by atoms with Crippen molar-refractivity contribution in [2.75, 3.05) is 20.6 Å². The third kappa shape index (κ3) is 2.99. The van der Waals surface area contributed by atoms with Crippen LogP contribution in [0.15, 0.2) is 24.3 Å². The SMILES string of the molecule is CCN(C)C(=O)N(C)Cc1ccccc1C. The van der Waals surface area contributed by atoms with Gasteiger partial charge in [0, 0.05) is 27.2 Å². The minimum atomic E-state index is 0.0609. The molecular formula is C13H20N2O. The maximum atomic E-state index is 11.8. The molecule has 0 fully saturated rings. The van der Waals surface area contributed by atoms with E-state index in [0.717, 1.165) is 6.54 Å². The molecule has 2 amide bonds. The van der Waals surface area contributed by atoms with Gasteiger partial charge in [-0.15, -0.1) is 0 Å². The Morgan fingerprint density at radius 3 is 2.38 bits per heavy atom. The Balaban J connectivity index is 2.68. The van der Waals surface area contributed by atoms with Crippen molar-refractivity contribution in [3.05, 3.63) is 35.4 Å². The van der Waals surface area contributed by atoms with Crippen molar-refractivity contribution in [1.29, 1.82) is 0 Å². The van der Waals surface area contributed by atoms with Gasteiger partial charge in [0.1, 0.15) is 0 Å². The molecule has 0 radical (unpaired) electrons. The van der Waals surface area contributed by atoms with Crippen LogP contribution in [-0.2, 0) is 6.54 Å². The molecule has 3 nitrogen and oxygen atoms in total. The highest BCUT2D eigenvalue weighted by Gasteiger charge is 2.13. The van der Waals surface area contributed by atoms with Crippen LogP contribution in [0.2, 0.25) is 0 Å². The molecule has 3 heteroatoms. The van der Waals surface area contributed by atoms with Gasteiger partial charge in [-0.05, 0) is 25.0 Å². The number of carbonyl (C=O) groups excluding carboxylic acids is 1. The van der Waals surface area contributed by atoms with Crippen LogP contribution in [0.4, 0.5) is 4.79 Å². The number of benzene rings is 1. The lowest BCUT2D eigenvalue weighted by Gasteiger charge is -2.24. The number of hydrogen-bond donors (Lipinski definition) is 0. The Labute approximate surface area is 97.7 Å². The van der Waals surface area contributed by atoms with Crippen molar-refractivity contribution in [2.24, 2.45) is 0 Å². The molecule has 0 aliphatic rings. The van der Waals surface area contributed by atoms with Crippen LogP contribution in [0.1, 0.15) is 18.1 Å². The lowest BCUT2D eigenvalue weighted by Crippen LogP contribution is -2.38. The molecule has 0 N–H and O–H groups in total. The Morgan fingerprint density at radius 2 is 1.81 bits per heavy atom. The molecule has 0 spiro atoms. The van der Waals surface area contributed by atoms with Crippen LogP contribution in [0.3, 0.4) is 0 Å². The third-order valence-electron chi connectivity index (χ3n) is 2.80. The summed E-state index contributed by atoms with van der Waals surface area (Å²) in [5.74, 6) is 0. The van der Waals surface area contributed by atoms with Gasteiger partial charge in [0.15, 0.2) is 0 Å². The molecule has 1 aromatic rings. The first-order chi connectivity index (χ1) is 7.56. The molecular weight excluding hydrogens is 200 g/mol. The molecule has 0 bridgehead atoms. The monoisotopic (exact) mass is 220 g/mol. The minimum absolute atomic E-state index is 0.0609. The predicted molar refractivity (Wildman–Crippen MR) is 66.3 cm³/mol. The topological polar surface area (TPSA) is 23.6 Å². The molecule has 0 unspecified atom stereocenters. The summed E-state index contributed by atoms with van der Waals surface area (Å²) in [5, 5.41) is 0. The summed E-state index contributed by atoms with van der Waals surface area (Å²) in [6.07, 6.45) is 0. The standard InChI is InChI=1S/C13H20N2O/c1-5-14(3)13(16)15(4)10-12-9-7-6-8-11(12)2/h6-9H,5,10H2,1-4H3. The van der Waals surface area contributed by atoms with Gasteiger partial charge in [-0.2, -0.15) is 0 Å². The fraction of sp³-hybridized carbons (Fsp3) is 0.462. The highest BCUT2D eigenvalue weighted by Crippen LogP contribution is 2.10. The van der Waals surface area contributed by atoms with Crippen LogP contribution >= 0.6 is 0 Å². The quantitative estimate of drug-likeness (QED) is 0.767. The second-order valence-electron chi connectivity index (χ2n) is 4.08. The summed E-state index contributed by atoms with van der Waals surface area (Å²) in [6, 6.07) is 8.20. The van der Waals surface area contributed by atoms with Crippen molar-refractivity contribution < 1.29 is 4.79 Å². The summed E-state index contributed by atoms with van der Waals surface area (Å²) < 4.78 is 0. The zero-order valence-electron chi connectivity index (χ0n) is 10.5. The lowest BCUT2D eigenvalue weighted by molar-refractivity contribution is 0.173. The Hall–Kier alpha value is -1.51. The highest BCUT2D eigenvalue weighted by atomic mass is 16.2. The third-order valence-corrected chi connectivity index (χ3v) is 2.80. The number of rotatable bonds is 3. The Kier molecular flexibility index (Phi) is 4.35. The maximum Gasteiger partial charge on any atom is 0.319 e. The summed E-state index contributed by atoms with van der Waals surface area (Å²) in [4.78, 5) is 15.3. The van der Waals surface area contributed by atoms with Gasteiger partial charge in [0.2, 0.25) is 0 Å². The average molecular weight is 220 g/mol. The van der Waals surface area contributed by atoms with Crippen molar-refractivity contribution >= 4 is 6.03 Å². The molecule has 0 aliphatic heterocycles. The molecule has 0 heterocycles. The van der Waals surface area contributed by atoms with Gasteiger partial charge >= 0.3 is 6.03 Å². The van der Waals surface area contributed by atoms with E-state index in [0.29, 0.717) is 6.54 Å². The number of urea groups is 1. The molecule has 0 atom stereocenters. The van der Waals surface area contributed by atoms with Gasteiger partial charge in [0.25, 0.3) is 0 Å². The van der Waals surface area contributed by atoms with E-state index in [1.807, 2.05) is 33.2 Å². The van der Waals surface area contributed by atoms with Crippen molar-refractivity contribution in [3.8, 4) is 0 Å². The van der Waals surface area contributed by atoms with Gasteiger partial charge in [0.05, 0.1) is 0 Å². The Bertz CT molecular complexity index is 363. The maximum absolute atomic E-state index is 11.8. The van der Waals surface area contributed by atoms with E-state index in [4.69, 9.17) is 0 Å². The molecule has 1 rings (SSSR count). The molecule has 0 saturated heterocycles. The minimum Gasteiger partial charge on any atom is -0.328 e. The van der Waals surface area contributed by atoms with Gasteiger partial charge in [-0.25, -0.2) is 4.79 Å². The van der Waals surface area contributed by atoms with Crippen molar-refractivity contribution in [1.82, 2.24) is 9.80 Å². The first-order valence-corrected chi connectivity index (χ1v) is 5.57. The number of carbonyl (C=O) groups is 1. The normalized spacial score (nSPS) is 10.0. The van der Waals surface area contributed by atoms with E-state index in [-0.39, 0.29) is 6.03 Å². The first kappa shape index (κ1) is 12.6. The van der Waals surface area contributed by atoms with Crippen LogP contribution in [0.5, 0.6) is 0 Å². The molecule has 0 saturated carbocycles. The number of aryl methyl sites for hydroxylation is 1. The first-order valence-electron chi connectivity index (χ1n) is 5.57. The van der Waals surface area contributed by atoms with Gasteiger partial charge in [-0.3, -0.25) is 0 Å². The molecule has 16 heavy (non-hydrogen) atoms. The van der Waals surface area contributed by atoms with E-state index in [2.05, 4.69) is 19.1 Å². The second-order valence-corrected chi connectivity index (χ2v) is 4.08. The van der Waals surface area contributed by atoms with E-state index >= 15 is 0 Å². The molecule has 88 valence electrons. The second kappa shape index (κ2) is 5.54. The summed E-state index contributed by atoms with van der Waals surface area (Å²) in [6.45, 7) is 5.43. The van der Waals surface area contributed by atoms with E-state index < -0.39 is 0 Å². The van der Waals surface area contributed by atoms with E-state index in [9.17, 15) is 4.79 Å². The molecule has 0 aromatic heterocycles. The van der Waals surface area contributed by atoms with E-state index in [1.54, 1.807) is 9.80 Å². The largest absolute Gasteiger partial charge is 0.328 e. The van der Waals surface area contributed by atoms with Gasteiger partial charge in [-0.1, -0.05) is 24.3 Å². The van der Waals surface area contributed by atoms with Crippen LogP contribution < -0.4 is 0 Å². The van der Waals surface area contributed by atoms with Crippen molar-refractivity contribution in [2.45, 2.75) is 20.4 Å². The number of hydrogen-bond acceptors (Lipinski definition) is 1. The smallest absolute Gasteiger partial charge is 0.319 e. The summed E-state index contributed by atoms with van der Waals surface area (Å²) >= 11 is 0. The highest BCUT2D eigenvalue weighted by molar-refractivity contribution is 5.73. The predicted octanol–water partition coefficient (Wildman–Crippen LogP) is 2.50. The zero-order chi connectivity index (χ0) is 12.1. The number of amides is 2. The fourth-order valence-electron chi connectivity index (χ4n) is 1.54. The Morgan fingerprint density at radius 1 is 1.19 bits per heavy atom. The average Bonchev–Trinajstić information content (AvgIpc) is 2.30.